The predicted molar refractivity (Wildman–Crippen MR) is 61.9 cm³/mol. The van der Waals surface area contributed by atoms with Crippen molar-refractivity contribution in [2.45, 2.75) is 63.6 Å². The maximum absolute atomic E-state index is 12.6. The first-order valence-corrected chi connectivity index (χ1v) is 6.84. The number of hydrogen-bond acceptors (Lipinski definition) is 1. The van der Waals surface area contributed by atoms with Crippen LogP contribution in [0.4, 0.5) is 13.2 Å². The first kappa shape index (κ1) is 13.7. The van der Waals surface area contributed by atoms with Crippen LogP contribution in [0.3, 0.4) is 0 Å². The fraction of sp³-hybridized carbons (Fsp3) is 0.923. The summed E-state index contributed by atoms with van der Waals surface area (Å²) in [6.07, 6.45) is 1.30. The summed E-state index contributed by atoms with van der Waals surface area (Å²) in [7, 11) is 0. The monoisotopic (exact) mass is 263 g/mol. The van der Waals surface area contributed by atoms with Crippen molar-refractivity contribution in [2.24, 2.45) is 11.8 Å². The first-order chi connectivity index (χ1) is 8.47. The van der Waals surface area contributed by atoms with Gasteiger partial charge in [-0.2, -0.15) is 13.2 Å². The average Bonchev–Trinajstić information content (AvgIpc) is 2.81. The molecule has 2 aliphatic rings. The second-order valence-electron chi connectivity index (χ2n) is 5.59. The van der Waals surface area contributed by atoms with Gasteiger partial charge in [0.15, 0.2) is 0 Å². The minimum atomic E-state index is -4.11. The molecule has 5 heteroatoms. The van der Waals surface area contributed by atoms with Crippen molar-refractivity contribution in [2.75, 3.05) is 0 Å². The maximum atomic E-state index is 12.6. The van der Waals surface area contributed by atoms with Gasteiger partial charge in [-0.05, 0) is 32.1 Å². The topological polar surface area (TPSA) is 29.1 Å². The molecule has 2 saturated carbocycles. The molecule has 18 heavy (non-hydrogen) atoms. The molecule has 2 fully saturated rings. The van der Waals surface area contributed by atoms with Crippen LogP contribution in [-0.2, 0) is 4.79 Å². The average molecular weight is 263 g/mol. The van der Waals surface area contributed by atoms with Gasteiger partial charge in [-0.15, -0.1) is 0 Å². The lowest BCUT2D eigenvalue weighted by atomic mass is 9.85. The van der Waals surface area contributed by atoms with E-state index in [1.54, 1.807) is 0 Å². The van der Waals surface area contributed by atoms with Crippen molar-refractivity contribution >= 4 is 5.91 Å². The van der Waals surface area contributed by atoms with Gasteiger partial charge in [0.2, 0.25) is 5.91 Å². The lowest BCUT2D eigenvalue weighted by Crippen LogP contribution is -2.43. The number of rotatable bonds is 2. The molecule has 1 amide bonds. The highest BCUT2D eigenvalue weighted by atomic mass is 19.4. The lowest BCUT2D eigenvalue weighted by Gasteiger charge is -2.31. The van der Waals surface area contributed by atoms with E-state index in [9.17, 15) is 18.0 Å². The van der Waals surface area contributed by atoms with Gasteiger partial charge in [0, 0.05) is 12.0 Å². The number of carbonyl (C=O) groups is 1. The van der Waals surface area contributed by atoms with Crippen LogP contribution >= 0.6 is 0 Å². The third kappa shape index (κ3) is 3.39. The Hall–Kier alpha value is -0.740. The van der Waals surface area contributed by atoms with Crippen LogP contribution in [0.1, 0.15) is 51.4 Å². The molecule has 0 spiro atoms. The third-order valence-electron chi connectivity index (χ3n) is 4.21. The summed E-state index contributed by atoms with van der Waals surface area (Å²) in [4.78, 5) is 11.9. The van der Waals surface area contributed by atoms with Gasteiger partial charge in [-0.25, -0.2) is 0 Å². The van der Waals surface area contributed by atoms with Crippen molar-refractivity contribution in [1.29, 1.82) is 0 Å². The quantitative estimate of drug-likeness (QED) is 0.812. The largest absolute Gasteiger partial charge is 0.391 e. The summed E-state index contributed by atoms with van der Waals surface area (Å²) in [5.41, 5.74) is 0. The van der Waals surface area contributed by atoms with E-state index in [1.807, 2.05) is 0 Å². The van der Waals surface area contributed by atoms with Crippen LogP contribution < -0.4 is 5.32 Å². The SMILES string of the molecule is O=C(N[C@H]1CCC[C@@H](C(F)(F)F)C1)C1CCCC1. The van der Waals surface area contributed by atoms with E-state index < -0.39 is 12.1 Å². The van der Waals surface area contributed by atoms with Gasteiger partial charge >= 0.3 is 6.18 Å². The molecule has 0 bridgehead atoms. The van der Waals surface area contributed by atoms with Gasteiger partial charge in [0.05, 0.1) is 5.92 Å². The maximum Gasteiger partial charge on any atom is 0.391 e. The molecule has 2 atom stereocenters. The van der Waals surface area contributed by atoms with Crippen molar-refractivity contribution < 1.29 is 18.0 Å². The van der Waals surface area contributed by atoms with Crippen LogP contribution in [0.15, 0.2) is 0 Å². The summed E-state index contributed by atoms with van der Waals surface area (Å²) in [6, 6.07) is -0.279. The molecule has 0 heterocycles. The van der Waals surface area contributed by atoms with E-state index in [4.69, 9.17) is 0 Å². The molecule has 2 aliphatic carbocycles. The van der Waals surface area contributed by atoms with Crippen LogP contribution in [0.2, 0.25) is 0 Å². The normalized spacial score (nSPS) is 30.4. The molecule has 0 aliphatic heterocycles. The predicted octanol–water partition coefficient (Wildman–Crippen LogP) is 3.41. The number of halogens is 3. The first-order valence-electron chi connectivity index (χ1n) is 6.84. The van der Waals surface area contributed by atoms with Crippen LogP contribution in [0, 0.1) is 11.8 Å². The molecule has 0 saturated heterocycles. The number of nitrogens with one attached hydrogen (secondary N) is 1. The minimum absolute atomic E-state index is 0.0275. The molecule has 1 N–H and O–H groups in total. The number of alkyl halides is 3. The number of hydrogen-bond donors (Lipinski definition) is 1. The molecule has 2 nitrogen and oxygen atoms in total. The van der Waals surface area contributed by atoms with E-state index in [2.05, 4.69) is 5.32 Å². The van der Waals surface area contributed by atoms with Crippen LogP contribution in [-0.4, -0.2) is 18.1 Å². The highest BCUT2D eigenvalue weighted by Crippen LogP contribution is 2.37. The van der Waals surface area contributed by atoms with Crippen molar-refractivity contribution in [3.05, 3.63) is 0 Å². The van der Waals surface area contributed by atoms with Gasteiger partial charge in [-0.1, -0.05) is 19.3 Å². The summed E-state index contributed by atoms with van der Waals surface area (Å²) in [6.45, 7) is 0. The molecule has 0 unspecified atom stereocenters. The standard InChI is InChI=1S/C13H20F3NO/c14-13(15,16)10-6-3-7-11(8-10)17-12(18)9-4-1-2-5-9/h9-11H,1-8H2,(H,17,18)/t10-,11+/m1/s1. The van der Waals surface area contributed by atoms with Gasteiger partial charge in [0.1, 0.15) is 0 Å². The second-order valence-corrected chi connectivity index (χ2v) is 5.59. The molecule has 0 aromatic carbocycles. The molecular weight excluding hydrogens is 243 g/mol. The Bertz CT molecular complexity index is 297. The molecule has 104 valence electrons. The highest BCUT2D eigenvalue weighted by molar-refractivity contribution is 5.79. The second kappa shape index (κ2) is 5.49. The number of carbonyl (C=O) groups excluding carboxylic acids is 1. The van der Waals surface area contributed by atoms with Crippen molar-refractivity contribution in [1.82, 2.24) is 5.32 Å². The zero-order valence-corrected chi connectivity index (χ0v) is 10.4. The summed E-state index contributed by atoms with van der Waals surface area (Å²) in [5, 5.41) is 2.82. The third-order valence-corrected chi connectivity index (χ3v) is 4.21. The summed E-state index contributed by atoms with van der Waals surface area (Å²) >= 11 is 0. The van der Waals surface area contributed by atoms with E-state index in [1.165, 1.54) is 0 Å². The Balaban J connectivity index is 1.83. The fourth-order valence-corrected chi connectivity index (χ4v) is 3.13. The van der Waals surface area contributed by atoms with Crippen LogP contribution in [0.5, 0.6) is 0 Å². The Morgan fingerprint density at radius 1 is 1.00 bits per heavy atom. The molecule has 0 aromatic heterocycles. The number of amides is 1. The van der Waals surface area contributed by atoms with E-state index in [-0.39, 0.29) is 30.7 Å². The van der Waals surface area contributed by atoms with Gasteiger partial charge in [-0.3, -0.25) is 4.79 Å². The van der Waals surface area contributed by atoms with Crippen molar-refractivity contribution in [3.8, 4) is 0 Å². The smallest absolute Gasteiger partial charge is 0.353 e. The molecule has 0 radical (unpaired) electrons. The van der Waals surface area contributed by atoms with Crippen molar-refractivity contribution in [3.63, 3.8) is 0 Å². The Labute approximate surface area is 105 Å². The fourth-order valence-electron chi connectivity index (χ4n) is 3.13. The van der Waals surface area contributed by atoms with E-state index in [0.29, 0.717) is 12.8 Å². The van der Waals surface area contributed by atoms with Crippen LogP contribution in [0.25, 0.3) is 0 Å². The lowest BCUT2D eigenvalue weighted by molar-refractivity contribution is -0.184. The summed E-state index contributed by atoms with van der Waals surface area (Å²) in [5.74, 6) is -1.23. The van der Waals surface area contributed by atoms with E-state index in [0.717, 1.165) is 25.7 Å². The zero-order valence-electron chi connectivity index (χ0n) is 10.4. The minimum Gasteiger partial charge on any atom is -0.353 e. The summed E-state index contributed by atoms with van der Waals surface area (Å²) < 4.78 is 37.9. The van der Waals surface area contributed by atoms with E-state index >= 15 is 0 Å². The molecular formula is C13H20F3NO. The zero-order chi connectivity index (χ0) is 13.2. The Morgan fingerprint density at radius 3 is 2.28 bits per heavy atom. The molecule has 0 aromatic rings. The van der Waals surface area contributed by atoms with Gasteiger partial charge in [0.25, 0.3) is 0 Å². The highest BCUT2D eigenvalue weighted by Gasteiger charge is 2.42. The Morgan fingerprint density at radius 2 is 1.67 bits per heavy atom. The Kier molecular flexibility index (Phi) is 4.17. The molecule has 2 rings (SSSR count). The van der Waals surface area contributed by atoms with Gasteiger partial charge < -0.3 is 5.32 Å².